The Morgan fingerprint density at radius 1 is 1.12 bits per heavy atom. The second kappa shape index (κ2) is 10.1. The Morgan fingerprint density at radius 3 is 2.62 bits per heavy atom. The fraction of sp³-hybridized carbons (Fsp3) is 0.296. The molecule has 3 aromatic rings. The van der Waals surface area contributed by atoms with Gasteiger partial charge in [-0.25, -0.2) is 0 Å². The van der Waals surface area contributed by atoms with E-state index in [0.717, 1.165) is 24.0 Å². The Labute approximate surface area is 198 Å². The summed E-state index contributed by atoms with van der Waals surface area (Å²) in [6, 6.07) is 9.22. The predicted octanol–water partition coefficient (Wildman–Crippen LogP) is 4.17. The summed E-state index contributed by atoms with van der Waals surface area (Å²) in [6.45, 7) is 3.56. The fourth-order valence-electron chi connectivity index (χ4n) is 4.17. The van der Waals surface area contributed by atoms with Crippen LogP contribution in [-0.4, -0.2) is 45.0 Å². The minimum atomic E-state index is -0.476. The number of rotatable bonds is 8. The average molecular weight is 463 g/mol. The van der Waals surface area contributed by atoms with Crippen molar-refractivity contribution in [3.05, 3.63) is 71.1 Å². The molecular weight excluding hydrogens is 432 g/mol. The van der Waals surface area contributed by atoms with Gasteiger partial charge in [0.2, 0.25) is 0 Å². The number of aryl methyl sites for hydroxylation is 1. The maximum Gasteiger partial charge on any atom is 0.255 e. The van der Waals surface area contributed by atoms with Crippen molar-refractivity contribution >= 4 is 12.0 Å². The van der Waals surface area contributed by atoms with Crippen LogP contribution < -0.4 is 10.1 Å². The topological polar surface area (TPSA) is 115 Å². The number of aromatic hydroxyl groups is 2. The number of aromatic amines is 1. The normalized spacial score (nSPS) is 13.5. The molecule has 1 aliphatic rings. The van der Waals surface area contributed by atoms with E-state index >= 15 is 0 Å². The van der Waals surface area contributed by atoms with Gasteiger partial charge in [0.15, 0.2) is 11.5 Å². The largest absolute Gasteiger partial charge is 0.504 e. The molecule has 1 aromatic heterocycles. The second-order valence-corrected chi connectivity index (χ2v) is 8.79. The summed E-state index contributed by atoms with van der Waals surface area (Å²) in [5.74, 6) is -0.387. The summed E-state index contributed by atoms with van der Waals surface area (Å²) in [5.41, 5.74) is 5.02. The van der Waals surface area contributed by atoms with E-state index in [9.17, 15) is 20.1 Å². The molecule has 7 heteroatoms. The van der Waals surface area contributed by atoms with Gasteiger partial charge >= 0.3 is 0 Å². The number of nitrogens with one attached hydrogen (secondary N) is 2. The molecule has 34 heavy (non-hydrogen) atoms. The number of benzene rings is 2. The highest BCUT2D eigenvalue weighted by molar-refractivity contribution is 5.98. The molecule has 0 saturated heterocycles. The zero-order chi connectivity index (χ0) is 24.2. The van der Waals surface area contributed by atoms with Crippen LogP contribution in [0.25, 0.3) is 17.2 Å². The van der Waals surface area contributed by atoms with Gasteiger partial charge in [-0.15, -0.1) is 0 Å². The third-order valence-electron chi connectivity index (χ3n) is 5.85. The van der Waals surface area contributed by atoms with Crippen LogP contribution in [0.4, 0.5) is 0 Å². The van der Waals surface area contributed by atoms with Crippen molar-refractivity contribution in [1.29, 1.82) is 0 Å². The first kappa shape index (κ1) is 23.4. The number of aliphatic hydroxyl groups excluding tert-OH is 1. The number of aromatic nitrogens is 1. The number of H-pyrrole nitrogens is 1. The summed E-state index contributed by atoms with van der Waals surface area (Å²) in [7, 11) is 0. The number of fused-ring (bicyclic) bond motifs is 1. The summed E-state index contributed by atoms with van der Waals surface area (Å²) in [4.78, 5) is 16.6. The third kappa shape index (κ3) is 5.10. The van der Waals surface area contributed by atoms with E-state index in [-0.39, 0.29) is 30.1 Å². The van der Waals surface area contributed by atoms with Gasteiger partial charge in [0.1, 0.15) is 5.75 Å². The van der Waals surface area contributed by atoms with E-state index in [0.29, 0.717) is 28.9 Å². The number of ether oxygens (including phenoxy) is 1. The zero-order valence-corrected chi connectivity index (χ0v) is 19.3. The molecule has 0 fully saturated rings. The van der Waals surface area contributed by atoms with Crippen LogP contribution in [0.1, 0.15) is 47.4 Å². The lowest BCUT2D eigenvalue weighted by Gasteiger charge is -2.20. The van der Waals surface area contributed by atoms with Crippen molar-refractivity contribution in [3.63, 3.8) is 0 Å². The molecule has 0 spiro atoms. The van der Waals surface area contributed by atoms with Crippen molar-refractivity contribution < 1.29 is 24.9 Å². The molecule has 1 heterocycles. The van der Waals surface area contributed by atoms with Crippen LogP contribution in [0, 0.1) is 0 Å². The van der Waals surface area contributed by atoms with E-state index in [2.05, 4.69) is 22.5 Å². The first-order valence-corrected chi connectivity index (χ1v) is 11.5. The molecule has 0 bridgehead atoms. The maximum atomic E-state index is 13.3. The third-order valence-corrected chi connectivity index (χ3v) is 5.85. The molecule has 0 aliphatic heterocycles. The molecule has 5 N–H and O–H groups in total. The maximum absolute atomic E-state index is 13.3. The van der Waals surface area contributed by atoms with Crippen LogP contribution in [0.3, 0.4) is 0 Å². The Bertz CT molecular complexity index is 1210. The van der Waals surface area contributed by atoms with Gasteiger partial charge in [0, 0.05) is 11.9 Å². The van der Waals surface area contributed by atoms with Gasteiger partial charge in [-0.2, -0.15) is 0 Å². The minimum Gasteiger partial charge on any atom is -0.504 e. The second-order valence-electron chi connectivity index (χ2n) is 8.79. The zero-order valence-electron chi connectivity index (χ0n) is 19.3. The average Bonchev–Trinajstić information content (AvgIpc) is 3.23. The number of aliphatic hydroxyl groups is 1. The smallest absolute Gasteiger partial charge is 0.255 e. The molecular formula is C27H30N2O5. The highest BCUT2D eigenvalue weighted by Crippen LogP contribution is 2.33. The monoisotopic (exact) mass is 462 g/mol. The summed E-state index contributed by atoms with van der Waals surface area (Å²) >= 11 is 0. The molecule has 1 aliphatic carbocycles. The number of hydrogen-bond donors (Lipinski definition) is 5. The molecule has 178 valence electrons. The van der Waals surface area contributed by atoms with Crippen molar-refractivity contribution in [2.24, 2.45) is 0 Å². The van der Waals surface area contributed by atoms with E-state index in [1.807, 2.05) is 20.0 Å². The minimum absolute atomic E-state index is 0.137. The Balaban J connectivity index is 1.60. The lowest BCUT2D eigenvalue weighted by Crippen LogP contribution is -2.39. The summed E-state index contributed by atoms with van der Waals surface area (Å²) in [6.07, 6.45) is 8.48. The standard InChI is InChI=1S/C27H30N2O5/c1-16(2)34-26-10-8-17(18-7-9-24(31)25(32)13-18)12-22(26)27(33)29-20(15-30)11-19-14-28-23-6-4-3-5-21(19)23/h3,5,7-10,12-14,16,20,28,30-32H,4,6,11,15H2,1-2H3,(H,29,33)/t20-/m1/s1. The Hall–Kier alpha value is -3.71. The first-order valence-electron chi connectivity index (χ1n) is 11.5. The highest BCUT2D eigenvalue weighted by atomic mass is 16.5. The molecule has 4 rings (SSSR count). The van der Waals surface area contributed by atoms with Gasteiger partial charge in [0.25, 0.3) is 5.91 Å². The molecule has 0 unspecified atom stereocenters. The number of allylic oxidation sites excluding steroid dienone is 1. The van der Waals surface area contributed by atoms with Gasteiger partial charge in [-0.1, -0.05) is 24.3 Å². The highest BCUT2D eigenvalue weighted by Gasteiger charge is 2.21. The molecule has 1 amide bonds. The number of phenols is 2. The Morgan fingerprint density at radius 2 is 1.88 bits per heavy atom. The number of carbonyl (C=O) groups excluding carboxylic acids is 1. The number of hydrogen-bond acceptors (Lipinski definition) is 5. The van der Waals surface area contributed by atoms with Gasteiger partial charge in [-0.05, 0) is 79.6 Å². The quantitative estimate of drug-likeness (QED) is 0.322. The lowest BCUT2D eigenvalue weighted by molar-refractivity contribution is 0.0910. The molecule has 7 nitrogen and oxygen atoms in total. The molecule has 1 atom stereocenters. The number of phenolic OH excluding ortho intramolecular Hbond substituents is 2. The van der Waals surface area contributed by atoms with Crippen LogP contribution in [0.5, 0.6) is 17.2 Å². The fourth-order valence-corrected chi connectivity index (χ4v) is 4.17. The SMILES string of the molecule is CC(C)Oc1ccc(-c2ccc(O)c(O)c2)cc1C(=O)N[C@@H](CO)Cc1c[nH]c2c1C=CCC2. The number of amides is 1. The van der Waals surface area contributed by atoms with Crippen molar-refractivity contribution in [2.75, 3.05) is 6.61 Å². The van der Waals surface area contributed by atoms with Crippen LogP contribution >= 0.6 is 0 Å². The number of carbonyl (C=O) groups is 1. The van der Waals surface area contributed by atoms with Gasteiger partial charge < -0.3 is 30.4 Å². The van der Waals surface area contributed by atoms with Gasteiger partial charge in [0.05, 0.1) is 24.3 Å². The van der Waals surface area contributed by atoms with E-state index in [1.165, 1.54) is 17.8 Å². The van der Waals surface area contributed by atoms with E-state index in [4.69, 9.17) is 4.74 Å². The van der Waals surface area contributed by atoms with Crippen LogP contribution in [0.2, 0.25) is 0 Å². The summed E-state index contributed by atoms with van der Waals surface area (Å²) in [5, 5.41) is 32.4. The molecule has 0 radical (unpaired) electrons. The van der Waals surface area contributed by atoms with Crippen molar-refractivity contribution in [2.45, 2.75) is 45.3 Å². The Kier molecular flexibility index (Phi) is 6.93. The lowest BCUT2D eigenvalue weighted by atomic mass is 9.97. The summed E-state index contributed by atoms with van der Waals surface area (Å²) < 4.78 is 5.87. The predicted molar refractivity (Wildman–Crippen MR) is 131 cm³/mol. The van der Waals surface area contributed by atoms with Crippen molar-refractivity contribution in [3.8, 4) is 28.4 Å². The molecule has 0 saturated carbocycles. The first-order chi connectivity index (χ1) is 16.4. The van der Waals surface area contributed by atoms with E-state index in [1.54, 1.807) is 24.3 Å². The van der Waals surface area contributed by atoms with Crippen molar-refractivity contribution in [1.82, 2.24) is 10.3 Å². The molecule has 2 aromatic carbocycles. The van der Waals surface area contributed by atoms with Gasteiger partial charge in [-0.3, -0.25) is 4.79 Å². The van der Waals surface area contributed by atoms with Crippen LogP contribution in [0.15, 0.2) is 48.7 Å². The van der Waals surface area contributed by atoms with Crippen LogP contribution in [-0.2, 0) is 12.8 Å². The van der Waals surface area contributed by atoms with E-state index < -0.39 is 6.04 Å².